The molecule has 0 saturated carbocycles. The van der Waals surface area contributed by atoms with Crippen molar-refractivity contribution in [1.29, 1.82) is 0 Å². The second-order valence-electron chi connectivity index (χ2n) is 6.11. The van der Waals surface area contributed by atoms with Crippen molar-refractivity contribution in [2.24, 2.45) is 0 Å². The second kappa shape index (κ2) is 6.87. The molecule has 1 aliphatic rings. The Morgan fingerprint density at radius 2 is 1.39 bits per heavy atom. The van der Waals surface area contributed by atoms with Crippen LogP contribution in [0.2, 0.25) is 0 Å². The first-order valence-electron chi connectivity index (χ1n) is 8.34. The van der Waals surface area contributed by atoms with Crippen molar-refractivity contribution in [3.8, 4) is 0 Å². The van der Waals surface area contributed by atoms with Crippen LogP contribution in [0.1, 0.15) is 42.7 Å². The maximum Gasteiger partial charge on any atom is 0.121 e. The highest BCUT2D eigenvalue weighted by molar-refractivity contribution is 5.54. The van der Waals surface area contributed by atoms with Crippen LogP contribution in [0.5, 0.6) is 0 Å². The van der Waals surface area contributed by atoms with E-state index in [1.54, 1.807) is 7.11 Å². The minimum absolute atomic E-state index is 0.259. The van der Waals surface area contributed by atoms with Crippen molar-refractivity contribution in [2.75, 3.05) is 7.11 Å². The Kier molecular flexibility index (Phi) is 4.66. The molecule has 0 bridgehead atoms. The third kappa shape index (κ3) is 2.84. The quantitative estimate of drug-likeness (QED) is 0.676. The minimum Gasteiger partial charge on any atom is -0.496 e. The van der Waals surface area contributed by atoms with Gasteiger partial charge in [-0.25, -0.2) is 0 Å². The van der Waals surface area contributed by atoms with Crippen LogP contribution in [-0.4, -0.2) is 7.11 Å². The van der Waals surface area contributed by atoms with E-state index in [0.29, 0.717) is 5.92 Å². The van der Waals surface area contributed by atoms with Gasteiger partial charge in [0.1, 0.15) is 5.76 Å². The second-order valence-corrected chi connectivity index (χ2v) is 6.11. The Labute approximate surface area is 139 Å². The van der Waals surface area contributed by atoms with Crippen molar-refractivity contribution in [3.05, 3.63) is 95.3 Å². The van der Waals surface area contributed by atoms with Crippen LogP contribution in [0.3, 0.4) is 0 Å². The molecule has 23 heavy (non-hydrogen) atoms. The van der Waals surface area contributed by atoms with Gasteiger partial charge in [-0.05, 0) is 28.7 Å². The van der Waals surface area contributed by atoms with Gasteiger partial charge in [0.25, 0.3) is 0 Å². The fraction of sp³-hybridized carbons (Fsp3) is 0.273. The third-order valence-electron chi connectivity index (χ3n) is 4.71. The lowest BCUT2D eigenvalue weighted by Gasteiger charge is -2.24. The molecule has 118 valence electrons. The zero-order valence-corrected chi connectivity index (χ0v) is 14.0. The average molecular weight is 304 g/mol. The highest BCUT2D eigenvalue weighted by atomic mass is 16.5. The van der Waals surface area contributed by atoms with E-state index in [9.17, 15) is 0 Å². The molecule has 0 amide bonds. The minimum atomic E-state index is 0.259. The van der Waals surface area contributed by atoms with Gasteiger partial charge in [-0.2, -0.15) is 0 Å². The van der Waals surface area contributed by atoms with Gasteiger partial charge in [-0.3, -0.25) is 0 Å². The predicted molar refractivity (Wildman–Crippen MR) is 96.4 cm³/mol. The van der Waals surface area contributed by atoms with Gasteiger partial charge in [-0.1, -0.05) is 80.6 Å². The standard InChI is InChI=1S/C22H24O/c1-4-11-19-21(18-14-9-6-10-15-18)20(16(2)22(19)23-3)17-12-7-5-8-13-17/h5-10,12-15,20-21H,2,4,11H2,1,3H3/t20-,21+/m1/s1. The molecular weight excluding hydrogens is 280 g/mol. The maximum absolute atomic E-state index is 5.77. The highest BCUT2D eigenvalue weighted by Crippen LogP contribution is 2.53. The summed E-state index contributed by atoms with van der Waals surface area (Å²) in [5.41, 5.74) is 5.15. The van der Waals surface area contributed by atoms with Crippen LogP contribution in [0.4, 0.5) is 0 Å². The lowest BCUT2D eigenvalue weighted by atomic mass is 9.78. The Balaban J connectivity index is 2.14. The average Bonchev–Trinajstić information content (AvgIpc) is 2.88. The molecule has 3 rings (SSSR count). The lowest BCUT2D eigenvalue weighted by molar-refractivity contribution is 0.297. The van der Waals surface area contributed by atoms with Gasteiger partial charge < -0.3 is 4.74 Å². The molecule has 0 radical (unpaired) electrons. The van der Waals surface area contributed by atoms with Crippen LogP contribution in [-0.2, 0) is 4.74 Å². The van der Waals surface area contributed by atoms with Crippen molar-refractivity contribution < 1.29 is 4.74 Å². The fourth-order valence-corrected chi connectivity index (χ4v) is 3.80. The van der Waals surface area contributed by atoms with E-state index in [1.807, 2.05) is 0 Å². The summed E-state index contributed by atoms with van der Waals surface area (Å²) in [5, 5.41) is 0. The first-order valence-corrected chi connectivity index (χ1v) is 8.34. The molecule has 0 heterocycles. The largest absolute Gasteiger partial charge is 0.496 e. The Morgan fingerprint density at radius 1 is 0.870 bits per heavy atom. The first kappa shape index (κ1) is 15.6. The molecule has 2 atom stereocenters. The summed E-state index contributed by atoms with van der Waals surface area (Å²) >= 11 is 0. The van der Waals surface area contributed by atoms with Gasteiger partial charge in [0.2, 0.25) is 0 Å². The van der Waals surface area contributed by atoms with Crippen LogP contribution in [0, 0.1) is 0 Å². The van der Waals surface area contributed by atoms with Gasteiger partial charge >= 0.3 is 0 Å². The molecule has 0 saturated heterocycles. The van der Waals surface area contributed by atoms with E-state index < -0.39 is 0 Å². The summed E-state index contributed by atoms with van der Waals surface area (Å²) in [7, 11) is 1.77. The topological polar surface area (TPSA) is 9.23 Å². The van der Waals surface area contributed by atoms with E-state index in [2.05, 4.69) is 74.2 Å². The van der Waals surface area contributed by atoms with E-state index in [0.717, 1.165) is 24.2 Å². The van der Waals surface area contributed by atoms with Crippen molar-refractivity contribution in [1.82, 2.24) is 0 Å². The first-order chi connectivity index (χ1) is 11.3. The summed E-state index contributed by atoms with van der Waals surface area (Å²) in [5.74, 6) is 1.59. The fourth-order valence-electron chi connectivity index (χ4n) is 3.80. The normalized spacial score (nSPS) is 20.9. The molecule has 1 nitrogen and oxygen atoms in total. The number of hydrogen-bond acceptors (Lipinski definition) is 1. The molecule has 1 aliphatic carbocycles. The summed E-state index contributed by atoms with van der Waals surface area (Å²) < 4.78 is 5.77. The Morgan fingerprint density at radius 3 is 1.87 bits per heavy atom. The summed E-state index contributed by atoms with van der Waals surface area (Å²) in [6.07, 6.45) is 2.16. The van der Waals surface area contributed by atoms with Crippen LogP contribution < -0.4 is 0 Å². The van der Waals surface area contributed by atoms with E-state index in [-0.39, 0.29) is 5.92 Å². The monoisotopic (exact) mass is 304 g/mol. The molecule has 2 aromatic rings. The molecule has 0 N–H and O–H groups in total. The van der Waals surface area contributed by atoms with E-state index in [1.165, 1.54) is 16.7 Å². The molecule has 1 heteroatoms. The number of hydrogen-bond donors (Lipinski definition) is 0. The van der Waals surface area contributed by atoms with Crippen LogP contribution in [0.15, 0.2) is 84.1 Å². The van der Waals surface area contributed by atoms with E-state index >= 15 is 0 Å². The molecule has 0 unspecified atom stereocenters. The molecule has 0 spiro atoms. The Bertz CT molecular complexity index is 697. The molecule has 2 aromatic carbocycles. The molecule has 0 aliphatic heterocycles. The summed E-state index contributed by atoms with van der Waals surface area (Å²) in [6, 6.07) is 21.4. The zero-order valence-electron chi connectivity index (χ0n) is 14.0. The number of methoxy groups -OCH3 is 1. The molecular formula is C22H24O. The smallest absolute Gasteiger partial charge is 0.121 e. The number of ether oxygens (including phenoxy) is 1. The van der Waals surface area contributed by atoms with Gasteiger partial charge in [0.15, 0.2) is 0 Å². The van der Waals surface area contributed by atoms with Crippen molar-refractivity contribution in [2.45, 2.75) is 31.6 Å². The number of benzene rings is 2. The highest BCUT2D eigenvalue weighted by Gasteiger charge is 2.39. The van der Waals surface area contributed by atoms with Crippen LogP contribution in [0.25, 0.3) is 0 Å². The van der Waals surface area contributed by atoms with Gasteiger partial charge in [0, 0.05) is 11.8 Å². The van der Waals surface area contributed by atoms with Gasteiger partial charge in [0.05, 0.1) is 7.11 Å². The van der Waals surface area contributed by atoms with Gasteiger partial charge in [-0.15, -0.1) is 0 Å². The zero-order chi connectivity index (χ0) is 16.2. The molecule has 0 fully saturated rings. The summed E-state index contributed by atoms with van der Waals surface area (Å²) in [4.78, 5) is 0. The van der Waals surface area contributed by atoms with Crippen molar-refractivity contribution >= 4 is 0 Å². The van der Waals surface area contributed by atoms with E-state index in [4.69, 9.17) is 4.74 Å². The number of allylic oxidation sites excluding steroid dienone is 2. The SMILES string of the molecule is C=C1C(OC)=C(CCC)[C@H](c2ccccc2)[C@H]1c1ccccc1. The molecule has 0 aromatic heterocycles. The Hall–Kier alpha value is -2.28. The third-order valence-corrected chi connectivity index (χ3v) is 4.71. The predicted octanol–water partition coefficient (Wildman–Crippen LogP) is 5.82. The van der Waals surface area contributed by atoms with Crippen molar-refractivity contribution in [3.63, 3.8) is 0 Å². The number of rotatable bonds is 5. The maximum atomic E-state index is 5.77. The van der Waals surface area contributed by atoms with Crippen LogP contribution >= 0.6 is 0 Å². The summed E-state index contributed by atoms with van der Waals surface area (Å²) in [6.45, 7) is 6.61. The lowest BCUT2D eigenvalue weighted by Crippen LogP contribution is -2.09.